The Kier molecular flexibility index (Phi) is 4.65. The highest BCUT2D eigenvalue weighted by Crippen LogP contribution is 2.21. The van der Waals surface area contributed by atoms with Gasteiger partial charge in [0.1, 0.15) is 0 Å². The Hall–Kier alpha value is -0.0900. The summed E-state index contributed by atoms with van der Waals surface area (Å²) >= 11 is 3.49. The summed E-state index contributed by atoms with van der Waals surface area (Å²) in [5.41, 5.74) is 0. The standard InChI is InChI=1S/C12H20BrNO2/c13-8-10-5-6-14(9-10)12(15)4-3-11-2-1-7-16-11/h10-11H,1-9H2. The van der Waals surface area contributed by atoms with Gasteiger partial charge in [-0.1, -0.05) is 15.9 Å². The molecule has 2 fully saturated rings. The Labute approximate surface area is 106 Å². The maximum atomic E-state index is 11.9. The number of hydrogen-bond donors (Lipinski definition) is 0. The molecule has 0 aromatic heterocycles. The molecule has 1 amide bonds. The van der Waals surface area contributed by atoms with Gasteiger partial charge in [0, 0.05) is 31.4 Å². The zero-order valence-corrected chi connectivity index (χ0v) is 11.2. The number of rotatable bonds is 4. The lowest BCUT2D eigenvalue weighted by Crippen LogP contribution is -2.29. The second kappa shape index (κ2) is 6.01. The first-order chi connectivity index (χ1) is 7.79. The van der Waals surface area contributed by atoms with Crippen molar-refractivity contribution in [1.82, 2.24) is 4.90 Å². The molecule has 0 radical (unpaired) electrons. The fourth-order valence-corrected chi connectivity index (χ4v) is 3.03. The van der Waals surface area contributed by atoms with Crippen molar-refractivity contribution < 1.29 is 9.53 Å². The topological polar surface area (TPSA) is 29.5 Å². The van der Waals surface area contributed by atoms with E-state index in [-0.39, 0.29) is 0 Å². The molecule has 2 aliphatic rings. The second-order valence-corrected chi connectivity index (χ2v) is 5.47. The van der Waals surface area contributed by atoms with Gasteiger partial charge in [0.25, 0.3) is 0 Å². The van der Waals surface area contributed by atoms with E-state index in [1.807, 2.05) is 4.90 Å². The van der Waals surface area contributed by atoms with Gasteiger partial charge < -0.3 is 9.64 Å². The molecule has 2 saturated heterocycles. The van der Waals surface area contributed by atoms with E-state index in [2.05, 4.69) is 15.9 Å². The Morgan fingerprint density at radius 3 is 2.94 bits per heavy atom. The van der Waals surface area contributed by atoms with Gasteiger partial charge in [0.05, 0.1) is 6.10 Å². The van der Waals surface area contributed by atoms with Crippen LogP contribution >= 0.6 is 15.9 Å². The number of hydrogen-bond acceptors (Lipinski definition) is 2. The Morgan fingerprint density at radius 1 is 1.44 bits per heavy atom. The maximum absolute atomic E-state index is 11.9. The summed E-state index contributed by atoms with van der Waals surface area (Å²) in [7, 11) is 0. The van der Waals surface area contributed by atoms with Crippen LogP contribution in [0.1, 0.15) is 32.1 Å². The molecule has 0 bridgehead atoms. The van der Waals surface area contributed by atoms with Crippen LogP contribution in [-0.2, 0) is 9.53 Å². The number of nitrogens with zero attached hydrogens (tertiary/aromatic N) is 1. The molecule has 2 rings (SSSR count). The van der Waals surface area contributed by atoms with Crippen LogP contribution in [0.15, 0.2) is 0 Å². The summed E-state index contributed by atoms with van der Waals surface area (Å²) in [6.45, 7) is 2.77. The minimum atomic E-state index is 0.318. The third kappa shape index (κ3) is 3.20. The van der Waals surface area contributed by atoms with Gasteiger partial charge in [-0.15, -0.1) is 0 Å². The molecule has 0 N–H and O–H groups in total. The number of halogens is 1. The molecule has 0 aliphatic carbocycles. The highest BCUT2D eigenvalue weighted by molar-refractivity contribution is 9.09. The number of carbonyl (C=O) groups is 1. The summed E-state index contributed by atoms with van der Waals surface area (Å²) in [5, 5.41) is 1.02. The predicted molar refractivity (Wildman–Crippen MR) is 66.7 cm³/mol. The number of likely N-dealkylation sites (tertiary alicyclic amines) is 1. The molecule has 2 heterocycles. The lowest BCUT2D eigenvalue weighted by molar-refractivity contribution is -0.130. The molecular weight excluding hydrogens is 270 g/mol. The van der Waals surface area contributed by atoms with Crippen LogP contribution in [0.5, 0.6) is 0 Å². The van der Waals surface area contributed by atoms with Crippen LogP contribution in [0.25, 0.3) is 0 Å². The summed E-state index contributed by atoms with van der Waals surface area (Å²) in [4.78, 5) is 13.9. The number of amides is 1. The monoisotopic (exact) mass is 289 g/mol. The summed E-state index contributed by atoms with van der Waals surface area (Å²) < 4.78 is 5.53. The zero-order chi connectivity index (χ0) is 11.4. The van der Waals surface area contributed by atoms with Crippen LogP contribution < -0.4 is 0 Å². The average Bonchev–Trinajstić information content (AvgIpc) is 2.96. The highest BCUT2D eigenvalue weighted by atomic mass is 79.9. The minimum absolute atomic E-state index is 0.318. The molecule has 4 heteroatoms. The van der Waals surface area contributed by atoms with Crippen molar-refractivity contribution in [1.29, 1.82) is 0 Å². The largest absolute Gasteiger partial charge is 0.378 e. The molecule has 16 heavy (non-hydrogen) atoms. The van der Waals surface area contributed by atoms with Crippen molar-refractivity contribution in [2.24, 2.45) is 5.92 Å². The normalized spacial score (nSPS) is 29.9. The van der Waals surface area contributed by atoms with Crippen molar-refractivity contribution >= 4 is 21.8 Å². The number of alkyl halides is 1. The van der Waals surface area contributed by atoms with Crippen LogP contribution in [0, 0.1) is 5.92 Å². The average molecular weight is 290 g/mol. The van der Waals surface area contributed by atoms with E-state index in [1.54, 1.807) is 0 Å². The van der Waals surface area contributed by atoms with Crippen LogP contribution in [0.4, 0.5) is 0 Å². The smallest absolute Gasteiger partial charge is 0.222 e. The van der Waals surface area contributed by atoms with Gasteiger partial charge in [0.2, 0.25) is 5.91 Å². The molecule has 0 spiro atoms. The van der Waals surface area contributed by atoms with E-state index in [0.717, 1.165) is 50.7 Å². The molecule has 3 nitrogen and oxygen atoms in total. The quantitative estimate of drug-likeness (QED) is 0.743. The Bertz CT molecular complexity index is 241. The summed E-state index contributed by atoms with van der Waals surface area (Å²) in [6.07, 6.45) is 5.37. The Morgan fingerprint density at radius 2 is 2.31 bits per heavy atom. The van der Waals surface area contributed by atoms with Gasteiger partial charge in [-0.25, -0.2) is 0 Å². The van der Waals surface area contributed by atoms with E-state index < -0.39 is 0 Å². The number of ether oxygens (including phenoxy) is 1. The minimum Gasteiger partial charge on any atom is -0.378 e. The zero-order valence-electron chi connectivity index (χ0n) is 9.66. The predicted octanol–water partition coefficient (Wildman–Crippen LogP) is 2.19. The molecule has 2 unspecified atom stereocenters. The van der Waals surface area contributed by atoms with Crippen molar-refractivity contribution in [2.75, 3.05) is 25.0 Å². The van der Waals surface area contributed by atoms with E-state index in [0.29, 0.717) is 24.3 Å². The van der Waals surface area contributed by atoms with E-state index in [1.165, 1.54) is 0 Å². The molecule has 92 valence electrons. The first kappa shape index (κ1) is 12.4. The van der Waals surface area contributed by atoms with Gasteiger partial charge >= 0.3 is 0 Å². The fraction of sp³-hybridized carbons (Fsp3) is 0.917. The number of carbonyl (C=O) groups excluding carboxylic acids is 1. The third-order valence-electron chi connectivity index (χ3n) is 3.56. The fourth-order valence-electron chi connectivity index (χ4n) is 2.50. The van der Waals surface area contributed by atoms with Crippen molar-refractivity contribution in [3.05, 3.63) is 0 Å². The summed E-state index contributed by atoms with van der Waals surface area (Å²) in [6, 6.07) is 0. The third-order valence-corrected chi connectivity index (χ3v) is 4.48. The van der Waals surface area contributed by atoms with E-state index in [9.17, 15) is 4.79 Å². The summed E-state index contributed by atoms with van der Waals surface area (Å²) in [5.74, 6) is 0.977. The van der Waals surface area contributed by atoms with Crippen molar-refractivity contribution in [3.8, 4) is 0 Å². The van der Waals surface area contributed by atoms with Gasteiger partial charge in [-0.3, -0.25) is 4.79 Å². The first-order valence-electron chi connectivity index (χ1n) is 6.25. The lowest BCUT2D eigenvalue weighted by atomic mass is 10.1. The Balaban J connectivity index is 1.67. The molecule has 0 aromatic rings. The maximum Gasteiger partial charge on any atom is 0.222 e. The van der Waals surface area contributed by atoms with Crippen LogP contribution in [0.2, 0.25) is 0 Å². The first-order valence-corrected chi connectivity index (χ1v) is 7.37. The van der Waals surface area contributed by atoms with E-state index in [4.69, 9.17) is 4.74 Å². The molecule has 0 saturated carbocycles. The van der Waals surface area contributed by atoms with Crippen LogP contribution in [0.3, 0.4) is 0 Å². The molecule has 2 aliphatic heterocycles. The highest BCUT2D eigenvalue weighted by Gasteiger charge is 2.26. The van der Waals surface area contributed by atoms with Gasteiger partial charge in [0.15, 0.2) is 0 Å². The van der Waals surface area contributed by atoms with Crippen molar-refractivity contribution in [2.45, 2.75) is 38.2 Å². The van der Waals surface area contributed by atoms with E-state index >= 15 is 0 Å². The molecule has 2 atom stereocenters. The lowest BCUT2D eigenvalue weighted by Gasteiger charge is -2.17. The molecular formula is C12H20BrNO2. The van der Waals surface area contributed by atoms with Crippen molar-refractivity contribution in [3.63, 3.8) is 0 Å². The molecule has 0 aromatic carbocycles. The van der Waals surface area contributed by atoms with Crippen LogP contribution in [-0.4, -0.2) is 41.9 Å². The second-order valence-electron chi connectivity index (χ2n) is 4.82. The SMILES string of the molecule is O=C(CCC1CCCO1)N1CCC(CBr)C1. The van der Waals surface area contributed by atoms with Gasteiger partial charge in [-0.05, 0) is 31.6 Å². The van der Waals surface area contributed by atoms with Gasteiger partial charge in [-0.2, -0.15) is 0 Å².